The number of nitrogens with one attached hydrogen (secondary N) is 3. The van der Waals surface area contributed by atoms with Gasteiger partial charge in [0.25, 0.3) is 5.91 Å². The molecule has 0 saturated carbocycles. The molecule has 0 radical (unpaired) electrons. The minimum atomic E-state index is -0.358. The third-order valence-electron chi connectivity index (χ3n) is 3.81. The van der Waals surface area contributed by atoms with Crippen LogP contribution in [0.1, 0.15) is 18.5 Å². The van der Waals surface area contributed by atoms with E-state index in [2.05, 4.69) is 31.9 Å². The van der Waals surface area contributed by atoms with E-state index in [4.69, 9.17) is 23.8 Å². The van der Waals surface area contributed by atoms with Gasteiger partial charge in [-0.2, -0.15) is 0 Å². The van der Waals surface area contributed by atoms with Crippen molar-refractivity contribution in [3.63, 3.8) is 0 Å². The molecule has 1 amide bonds. The fourth-order valence-corrected chi connectivity index (χ4v) is 3.68. The molecule has 1 aliphatic rings. The Labute approximate surface area is 164 Å². The Morgan fingerprint density at radius 3 is 2.72 bits per heavy atom. The zero-order chi connectivity index (χ0) is 18.0. The average Bonchev–Trinajstić information content (AvgIpc) is 2.54. The zero-order valence-electron chi connectivity index (χ0n) is 13.3. The van der Waals surface area contributed by atoms with Crippen LogP contribution in [0.2, 0.25) is 5.02 Å². The van der Waals surface area contributed by atoms with Crippen molar-refractivity contribution in [1.82, 2.24) is 10.6 Å². The summed E-state index contributed by atoms with van der Waals surface area (Å²) < 4.78 is 0.901. The predicted octanol–water partition coefficient (Wildman–Crippen LogP) is 4.53. The topological polar surface area (TPSA) is 53.2 Å². The summed E-state index contributed by atoms with van der Waals surface area (Å²) in [5.74, 6) is -0.219. The van der Waals surface area contributed by atoms with Crippen molar-refractivity contribution in [3.05, 3.63) is 74.9 Å². The molecule has 2 aromatic rings. The van der Waals surface area contributed by atoms with Crippen LogP contribution in [0.25, 0.3) is 0 Å². The van der Waals surface area contributed by atoms with Crippen molar-refractivity contribution in [3.8, 4) is 0 Å². The van der Waals surface area contributed by atoms with E-state index in [-0.39, 0.29) is 11.9 Å². The van der Waals surface area contributed by atoms with Gasteiger partial charge in [0.2, 0.25) is 0 Å². The first-order valence-electron chi connectivity index (χ1n) is 7.55. The van der Waals surface area contributed by atoms with Crippen LogP contribution in [0.4, 0.5) is 5.69 Å². The maximum Gasteiger partial charge on any atom is 0.255 e. The van der Waals surface area contributed by atoms with Crippen molar-refractivity contribution in [1.29, 1.82) is 0 Å². The number of carbonyl (C=O) groups is 1. The largest absolute Gasteiger partial charge is 0.351 e. The molecule has 2 aromatic carbocycles. The summed E-state index contributed by atoms with van der Waals surface area (Å²) in [4.78, 5) is 12.9. The van der Waals surface area contributed by atoms with E-state index in [1.54, 1.807) is 24.3 Å². The lowest BCUT2D eigenvalue weighted by atomic mass is 9.95. The number of rotatable bonds is 3. The first-order valence-corrected chi connectivity index (χ1v) is 9.13. The highest BCUT2D eigenvalue weighted by Crippen LogP contribution is 2.32. The zero-order valence-corrected chi connectivity index (χ0v) is 16.4. The molecule has 0 saturated heterocycles. The second-order valence-electron chi connectivity index (χ2n) is 5.56. The maximum atomic E-state index is 12.9. The highest BCUT2D eigenvalue weighted by atomic mass is 79.9. The van der Waals surface area contributed by atoms with E-state index >= 15 is 0 Å². The average molecular weight is 437 g/mol. The monoisotopic (exact) mass is 435 g/mol. The normalized spacial score (nSPS) is 16.9. The van der Waals surface area contributed by atoms with Gasteiger partial charge in [-0.05, 0) is 49.0 Å². The molecule has 0 fully saturated rings. The first-order chi connectivity index (χ1) is 12.0. The highest BCUT2D eigenvalue weighted by Gasteiger charge is 2.30. The second kappa shape index (κ2) is 7.56. The number of allylic oxidation sites excluding steroid dienone is 1. The molecule has 1 heterocycles. The Balaban J connectivity index is 1.97. The molecule has 0 bridgehead atoms. The fraction of sp³-hybridized carbons (Fsp3) is 0.111. The van der Waals surface area contributed by atoms with Crippen LogP contribution >= 0.6 is 39.7 Å². The Bertz CT molecular complexity index is 884. The lowest BCUT2D eigenvalue weighted by Gasteiger charge is -2.31. The summed E-state index contributed by atoms with van der Waals surface area (Å²) in [7, 11) is 0. The molecule has 0 aliphatic carbocycles. The van der Waals surface area contributed by atoms with Crippen LogP contribution in [-0.2, 0) is 4.79 Å². The number of thiocarbonyl (C=S) groups is 1. The number of benzene rings is 2. The molecule has 4 nitrogen and oxygen atoms in total. The predicted molar refractivity (Wildman–Crippen MR) is 109 cm³/mol. The molecule has 3 rings (SSSR count). The Kier molecular flexibility index (Phi) is 5.42. The molecule has 0 spiro atoms. The lowest BCUT2D eigenvalue weighted by Crippen LogP contribution is -2.45. The van der Waals surface area contributed by atoms with Gasteiger partial charge in [-0.25, -0.2) is 0 Å². The Morgan fingerprint density at radius 2 is 2.00 bits per heavy atom. The van der Waals surface area contributed by atoms with Crippen molar-refractivity contribution < 1.29 is 4.79 Å². The van der Waals surface area contributed by atoms with Gasteiger partial charge in [-0.15, -0.1) is 0 Å². The molecular formula is C18H15BrClN3OS. The Morgan fingerprint density at radius 1 is 1.24 bits per heavy atom. The lowest BCUT2D eigenvalue weighted by molar-refractivity contribution is -0.113. The number of carbonyl (C=O) groups excluding carboxylic acids is 1. The summed E-state index contributed by atoms with van der Waals surface area (Å²) in [5, 5.41) is 10.1. The molecule has 25 heavy (non-hydrogen) atoms. The third-order valence-corrected chi connectivity index (χ3v) is 4.99. The van der Waals surface area contributed by atoms with Crippen LogP contribution in [0.15, 0.2) is 64.3 Å². The standard InChI is InChI=1S/C18H15BrClN3OS/c1-10-15(17(24)22-12-6-4-5-11(20)9-12)16(23-18(25)21-10)13-7-2-3-8-14(13)19/h2-9,16H,1H3,(H,22,24)(H2,21,23,25). The van der Waals surface area contributed by atoms with Gasteiger partial charge < -0.3 is 16.0 Å². The molecule has 128 valence electrons. The van der Waals surface area contributed by atoms with E-state index in [1.165, 1.54) is 0 Å². The van der Waals surface area contributed by atoms with Gasteiger partial charge in [-0.1, -0.05) is 51.8 Å². The molecule has 0 aromatic heterocycles. The second-order valence-corrected chi connectivity index (χ2v) is 7.26. The minimum absolute atomic E-state index is 0.219. The van der Waals surface area contributed by atoms with Crippen molar-refractivity contribution in [2.75, 3.05) is 5.32 Å². The molecule has 7 heteroatoms. The van der Waals surface area contributed by atoms with E-state index in [0.717, 1.165) is 10.0 Å². The molecule has 3 N–H and O–H groups in total. The van der Waals surface area contributed by atoms with Crippen LogP contribution in [0.5, 0.6) is 0 Å². The van der Waals surface area contributed by atoms with Gasteiger partial charge in [0.1, 0.15) is 0 Å². The number of halogens is 2. The van der Waals surface area contributed by atoms with Gasteiger partial charge in [-0.3, -0.25) is 4.79 Å². The van der Waals surface area contributed by atoms with Gasteiger partial charge in [0.15, 0.2) is 5.11 Å². The quantitative estimate of drug-likeness (QED) is 0.619. The summed E-state index contributed by atoms with van der Waals surface area (Å²) in [6.07, 6.45) is 0. The van der Waals surface area contributed by atoms with Gasteiger partial charge >= 0.3 is 0 Å². The Hall–Kier alpha value is -1.89. The van der Waals surface area contributed by atoms with Crippen LogP contribution in [0.3, 0.4) is 0 Å². The molecular weight excluding hydrogens is 422 g/mol. The van der Waals surface area contributed by atoms with E-state index in [1.807, 2.05) is 31.2 Å². The maximum absolute atomic E-state index is 12.9. The molecule has 1 atom stereocenters. The number of hydrogen-bond acceptors (Lipinski definition) is 2. The smallest absolute Gasteiger partial charge is 0.255 e. The van der Waals surface area contributed by atoms with Crippen LogP contribution < -0.4 is 16.0 Å². The summed E-state index contributed by atoms with van der Waals surface area (Å²) in [5.41, 5.74) is 2.85. The van der Waals surface area contributed by atoms with Gasteiger partial charge in [0.05, 0.1) is 11.6 Å². The van der Waals surface area contributed by atoms with Crippen LogP contribution in [0, 0.1) is 0 Å². The highest BCUT2D eigenvalue weighted by molar-refractivity contribution is 9.10. The SMILES string of the molecule is CC1=C(C(=O)Nc2cccc(Cl)c2)C(c2ccccc2Br)NC(=S)N1. The summed E-state index contributed by atoms with van der Waals surface area (Å²) in [6.45, 7) is 1.84. The van der Waals surface area contributed by atoms with Crippen molar-refractivity contribution in [2.45, 2.75) is 13.0 Å². The first kappa shape index (κ1) is 17.9. The fourth-order valence-electron chi connectivity index (χ4n) is 2.70. The number of anilines is 1. The van der Waals surface area contributed by atoms with Crippen LogP contribution in [-0.4, -0.2) is 11.0 Å². The van der Waals surface area contributed by atoms with Crippen molar-refractivity contribution >= 4 is 56.5 Å². The summed E-state index contributed by atoms with van der Waals surface area (Å²) >= 11 is 14.8. The van der Waals surface area contributed by atoms with E-state index < -0.39 is 0 Å². The number of amides is 1. The van der Waals surface area contributed by atoms with Gasteiger partial charge in [0, 0.05) is 20.9 Å². The number of hydrogen-bond donors (Lipinski definition) is 3. The summed E-state index contributed by atoms with van der Waals surface area (Å²) in [6, 6.07) is 14.4. The molecule has 1 aliphatic heterocycles. The van der Waals surface area contributed by atoms with E-state index in [0.29, 0.717) is 27.1 Å². The third kappa shape index (κ3) is 4.03. The molecule has 1 unspecified atom stereocenters. The van der Waals surface area contributed by atoms with E-state index in [9.17, 15) is 4.79 Å². The van der Waals surface area contributed by atoms with Crippen molar-refractivity contribution in [2.24, 2.45) is 0 Å². The minimum Gasteiger partial charge on any atom is -0.351 e.